The van der Waals surface area contributed by atoms with Gasteiger partial charge in [0.2, 0.25) is 5.91 Å². The molecule has 160 valence electrons. The lowest BCUT2D eigenvalue weighted by atomic mass is 9.89. The van der Waals surface area contributed by atoms with Crippen LogP contribution < -0.4 is 10.9 Å². The van der Waals surface area contributed by atoms with Crippen LogP contribution in [-0.2, 0) is 17.6 Å². The maximum Gasteiger partial charge on any atom is 0.271 e. The predicted octanol–water partition coefficient (Wildman–Crippen LogP) is 4.91. The quantitative estimate of drug-likeness (QED) is 0.658. The van der Waals surface area contributed by atoms with Crippen molar-refractivity contribution in [2.24, 2.45) is 0 Å². The molecule has 1 aliphatic carbocycles. The third kappa shape index (κ3) is 4.05. The van der Waals surface area contributed by atoms with E-state index in [9.17, 15) is 9.59 Å². The molecule has 4 rings (SSSR count). The second-order valence-electron chi connectivity index (χ2n) is 8.54. The van der Waals surface area contributed by atoms with Crippen molar-refractivity contribution in [3.05, 3.63) is 80.6 Å². The van der Waals surface area contributed by atoms with E-state index in [4.69, 9.17) is 5.10 Å². The molecule has 0 saturated carbocycles. The Labute approximate surface area is 183 Å². The SMILES string of the molecule is Cc1ccc(-c2nn([C@@H](C)C(=O)Nc3cccc(C)c3C)c(=O)c3c2CCCC3)cc1. The number of amides is 1. The molecule has 1 N–H and O–H groups in total. The van der Waals surface area contributed by atoms with E-state index in [0.29, 0.717) is 0 Å². The molecule has 0 aliphatic heterocycles. The first kappa shape index (κ1) is 21.0. The lowest BCUT2D eigenvalue weighted by Gasteiger charge is -2.23. The van der Waals surface area contributed by atoms with Gasteiger partial charge in [0.05, 0.1) is 5.69 Å². The Morgan fingerprint density at radius 1 is 1.00 bits per heavy atom. The number of anilines is 1. The maximum atomic E-state index is 13.3. The summed E-state index contributed by atoms with van der Waals surface area (Å²) in [6.45, 7) is 7.78. The Morgan fingerprint density at radius 3 is 2.39 bits per heavy atom. The van der Waals surface area contributed by atoms with E-state index in [2.05, 4.69) is 17.4 Å². The molecule has 2 aromatic carbocycles. The first-order valence-electron chi connectivity index (χ1n) is 11.0. The van der Waals surface area contributed by atoms with E-state index in [1.807, 2.05) is 51.1 Å². The van der Waals surface area contributed by atoms with Crippen molar-refractivity contribution in [3.8, 4) is 11.3 Å². The summed E-state index contributed by atoms with van der Waals surface area (Å²) < 4.78 is 1.37. The lowest BCUT2D eigenvalue weighted by molar-refractivity contribution is -0.119. The summed E-state index contributed by atoms with van der Waals surface area (Å²) in [5.41, 5.74) is 7.58. The molecule has 3 aromatic rings. The third-order valence-corrected chi connectivity index (χ3v) is 6.36. The maximum absolute atomic E-state index is 13.3. The second kappa shape index (κ2) is 8.50. The number of benzene rings is 2. The number of nitrogens with zero attached hydrogens (tertiary/aromatic N) is 2. The van der Waals surface area contributed by atoms with Crippen molar-refractivity contribution >= 4 is 11.6 Å². The highest BCUT2D eigenvalue weighted by atomic mass is 16.2. The highest BCUT2D eigenvalue weighted by molar-refractivity contribution is 5.94. The predicted molar refractivity (Wildman–Crippen MR) is 125 cm³/mol. The summed E-state index contributed by atoms with van der Waals surface area (Å²) in [6, 6.07) is 13.3. The molecule has 0 fully saturated rings. The van der Waals surface area contributed by atoms with E-state index >= 15 is 0 Å². The smallest absolute Gasteiger partial charge is 0.271 e. The number of hydrogen-bond acceptors (Lipinski definition) is 3. The number of carbonyl (C=O) groups excluding carboxylic acids is 1. The molecule has 1 atom stereocenters. The lowest BCUT2D eigenvalue weighted by Crippen LogP contribution is -2.37. The van der Waals surface area contributed by atoms with Crippen molar-refractivity contribution in [1.82, 2.24) is 9.78 Å². The summed E-state index contributed by atoms with van der Waals surface area (Å²) in [5, 5.41) is 7.72. The molecular formula is C26H29N3O2. The molecule has 1 aliphatic rings. The van der Waals surface area contributed by atoms with Gasteiger partial charge in [-0.2, -0.15) is 5.10 Å². The van der Waals surface area contributed by atoms with E-state index < -0.39 is 6.04 Å². The van der Waals surface area contributed by atoms with Crippen LogP contribution in [0.25, 0.3) is 11.3 Å². The van der Waals surface area contributed by atoms with E-state index in [-0.39, 0.29) is 11.5 Å². The molecule has 1 heterocycles. The Kier molecular flexibility index (Phi) is 5.77. The highest BCUT2D eigenvalue weighted by Gasteiger charge is 2.26. The molecule has 1 aromatic heterocycles. The van der Waals surface area contributed by atoms with Crippen molar-refractivity contribution in [2.45, 2.75) is 59.4 Å². The van der Waals surface area contributed by atoms with Crippen LogP contribution in [0.3, 0.4) is 0 Å². The first-order chi connectivity index (χ1) is 14.9. The topological polar surface area (TPSA) is 64.0 Å². The van der Waals surface area contributed by atoms with Crippen LogP contribution in [0.4, 0.5) is 5.69 Å². The van der Waals surface area contributed by atoms with E-state index in [1.54, 1.807) is 6.92 Å². The number of rotatable bonds is 4. The van der Waals surface area contributed by atoms with Crippen molar-refractivity contribution in [2.75, 3.05) is 5.32 Å². The van der Waals surface area contributed by atoms with Crippen LogP contribution in [0.15, 0.2) is 47.3 Å². The Bertz CT molecular complexity index is 1190. The molecule has 5 nitrogen and oxygen atoms in total. The molecule has 0 unspecified atom stereocenters. The number of aromatic nitrogens is 2. The minimum Gasteiger partial charge on any atom is -0.324 e. The molecule has 0 saturated heterocycles. The average Bonchev–Trinajstić information content (AvgIpc) is 2.77. The fourth-order valence-electron chi connectivity index (χ4n) is 4.20. The summed E-state index contributed by atoms with van der Waals surface area (Å²) >= 11 is 0. The van der Waals surface area contributed by atoms with Crippen molar-refractivity contribution < 1.29 is 4.79 Å². The second-order valence-corrected chi connectivity index (χ2v) is 8.54. The summed E-state index contributed by atoms with van der Waals surface area (Å²) in [5.74, 6) is -0.242. The fraction of sp³-hybridized carbons (Fsp3) is 0.346. The number of carbonyl (C=O) groups is 1. The molecular weight excluding hydrogens is 386 g/mol. The zero-order chi connectivity index (χ0) is 22.1. The van der Waals surface area contributed by atoms with Gasteiger partial charge in [0.25, 0.3) is 5.56 Å². The number of aryl methyl sites for hydroxylation is 2. The zero-order valence-electron chi connectivity index (χ0n) is 18.7. The van der Waals surface area contributed by atoms with Gasteiger partial charge in [-0.25, -0.2) is 4.68 Å². The van der Waals surface area contributed by atoms with Crippen molar-refractivity contribution in [3.63, 3.8) is 0 Å². The molecule has 5 heteroatoms. The van der Waals surface area contributed by atoms with E-state index in [1.165, 1.54) is 10.2 Å². The third-order valence-electron chi connectivity index (χ3n) is 6.36. The van der Waals surface area contributed by atoms with Gasteiger partial charge in [0.1, 0.15) is 6.04 Å². The molecule has 0 radical (unpaired) electrons. The van der Waals surface area contributed by atoms with Gasteiger partial charge in [0, 0.05) is 16.8 Å². The van der Waals surface area contributed by atoms with Crippen LogP contribution in [0, 0.1) is 20.8 Å². The van der Waals surface area contributed by atoms with Gasteiger partial charge < -0.3 is 5.32 Å². The summed E-state index contributed by atoms with van der Waals surface area (Å²) in [4.78, 5) is 26.4. The van der Waals surface area contributed by atoms with Crippen LogP contribution in [0.5, 0.6) is 0 Å². The molecule has 0 spiro atoms. The summed E-state index contributed by atoms with van der Waals surface area (Å²) in [6.07, 6.45) is 3.63. The number of nitrogens with one attached hydrogen (secondary N) is 1. The van der Waals surface area contributed by atoms with Gasteiger partial charge >= 0.3 is 0 Å². The minimum atomic E-state index is -0.719. The van der Waals surface area contributed by atoms with Crippen LogP contribution >= 0.6 is 0 Å². The normalized spacial score (nSPS) is 14.1. The fourth-order valence-corrected chi connectivity index (χ4v) is 4.20. The molecule has 1 amide bonds. The number of fused-ring (bicyclic) bond motifs is 1. The van der Waals surface area contributed by atoms with Crippen LogP contribution in [0.1, 0.15) is 53.6 Å². The Hall–Kier alpha value is -3.21. The zero-order valence-corrected chi connectivity index (χ0v) is 18.7. The molecule has 31 heavy (non-hydrogen) atoms. The Morgan fingerprint density at radius 2 is 1.68 bits per heavy atom. The van der Waals surface area contributed by atoms with Gasteiger partial charge in [-0.05, 0) is 76.1 Å². The van der Waals surface area contributed by atoms with Gasteiger partial charge in [0.15, 0.2) is 0 Å². The Balaban J connectivity index is 1.76. The van der Waals surface area contributed by atoms with Crippen LogP contribution in [-0.4, -0.2) is 15.7 Å². The van der Waals surface area contributed by atoms with Gasteiger partial charge in [-0.3, -0.25) is 9.59 Å². The van der Waals surface area contributed by atoms with Crippen LogP contribution in [0.2, 0.25) is 0 Å². The minimum absolute atomic E-state index is 0.144. The largest absolute Gasteiger partial charge is 0.324 e. The summed E-state index contributed by atoms with van der Waals surface area (Å²) in [7, 11) is 0. The number of hydrogen-bond donors (Lipinski definition) is 1. The van der Waals surface area contributed by atoms with Crippen molar-refractivity contribution in [1.29, 1.82) is 0 Å². The highest BCUT2D eigenvalue weighted by Crippen LogP contribution is 2.29. The first-order valence-corrected chi connectivity index (χ1v) is 11.0. The van der Waals surface area contributed by atoms with E-state index in [0.717, 1.165) is 64.9 Å². The van der Waals surface area contributed by atoms with Gasteiger partial charge in [-0.1, -0.05) is 42.0 Å². The standard InChI is InChI=1S/C26H29N3O2/c1-16-12-14-20(15-13-16)24-21-9-5-6-10-22(21)26(31)29(28-24)19(4)25(30)27-23-11-7-8-17(2)18(23)3/h7-8,11-15,19H,5-6,9-10H2,1-4H3,(H,27,30)/t19-/m0/s1. The van der Waals surface area contributed by atoms with Gasteiger partial charge in [-0.15, -0.1) is 0 Å². The molecule has 0 bridgehead atoms. The monoisotopic (exact) mass is 415 g/mol. The average molecular weight is 416 g/mol.